The minimum atomic E-state index is -0.546. The number of carbonyl (C=O) groups is 1. The predicted octanol–water partition coefficient (Wildman–Crippen LogP) is 4.47. The van der Waals surface area contributed by atoms with Crippen LogP contribution in [-0.4, -0.2) is 52.2 Å². The van der Waals surface area contributed by atoms with E-state index in [4.69, 9.17) is 18.9 Å². The zero-order chi connectivity index (χ0) is 21.4. The number of rotatable bonds is 7. The minimum absolute atomic E-state index is 0.00769. The number of ether oxygens (including phenoxy) is 4. The average Bonchev–Trinajstić information content (AvgIpc) is 3.11. The minimum Gasteiger partial charge on any atom is -0.381 e. The Balaban J connectivity index is 2.14. The van der Waals surface area contributed by atoms with E-state index < -0.39 is 5.41 Å². The highest BCUT2D eigenvalue weighted by atomic mass is 16.7. The molecule has 3 fully saturated rings. The largest absolute Gasteiger partial charge is 0.381 e. The molecule has 5 heteroatoms. The highest BCUT2D eigenvalue weighted by Crippen LogP contribution is 2.68. The Labute approximate surface area is 177 Å². The van der Waals surface area contributed by atoms with Crippen molar-refractivity contribution in [3.05, 3.63) is 0 Å². The molecule has 29 heavy (non-hydrogen) atoms. The van der Waals surface area contributed by atoms with Gasteiger partial charge in [0.15, 0.2) is 0 Å². The fourth-order valence-electron chi connectivity index (χ4n) is 7.34. The molecule has 8 atom stereocenters. The van der Waals surface area contributed by atoms with Gasteiger partial charge in [0.2, 0.25) is 0 Å². The summed E-state index contributed by atoms with van der Waals surface area (Å²) in [6.45, 7) is 12.4. The molecule has 0 radical (unpaired) electrons. The molecular formula is C24H42O5. The molecular weight excluding hydrogens is 368 g/mol. The smallest absolute Gasteiger partial charge is 0.146 e. The number of carbonyl (C=O) groups excluding carboxylic acids is 1. The second-order valence-corrected chi connectivity index (χ2v) is 10.4. The molecule has 3 unspecified atom stereocenters. The summed E-state index contributed by atoms with van der Waals surface area (Å²) in [7, 11) is 3.50. The third kappa shape index (κ3) is 3.50. The highest BCUT2D eigenvalue weighted by molar-refractivity contribution is 5.87. The molecule has 0 amide bonds. The maximum atomic E-state index is 14.0. The van der Waals surface area contributed by atoms with E-state index >= 15 is 0 Å². The summed E-state index contributed by atoms with van der Waals surface area (Å²) in [5.41, 5.74) is -0.632. The molecule has 0 saturated heterocycles. The second kappa shape index (κ2) is 8.57. The SMILES string of the molecule is CCOC[C@]1(C)C[C@@H](OCOC)[C@@]2(C)C3C(OC)CCC3(CC[C@H]2C)[C@@H](C)C1=O. The molecule has 2 bridgehead atoms. The second-order valence-electron chi connectivity index (χ2n) is 10.4. The lowest BCUT2D eigenvalue weighted by atomic mass is 9.44. The molecule has 168 valence electrons. The van der Waals surface area contributed by atoms with E-state index in [2.05, 4.69) is 27.7 Å². The quantitative estimate of drug-likeness (QED) is 0.580. The van der Waals surface area contributed by atoms with Gasteiger partial charge >= 0.3 is 0 Å². The predicted molar refractivity (Wildman–Crippen MR) is 113 cm³/mol. The van der Waals surface area contributed by atoms with Gasteiger partial charge in [-0.1, -0.05) is 27.7 Å². The third-order valence-corrected chi connectivity index (χ3v) is 9.16. The molecule has 3 rings (SSSR count). The highest BCUT2D eigenvalue weighted by Gasteiger charge is 2.68. The molecule has 5 nitrogen and oxygen atoms in total. The maximum Gasteiger partial charge on any atom is 0.146 e. The van der Waals surface area contributed by atoms with Crippen molar-refractivity contribution >= 4 is 5.78 Å². The van der Waals surface area contributed by atoms with Crippen molar-refractivity contribution < 1.29 is 23.7 Å². The van der Waals surface area contributed by atoms with Gasteiger partial charge in [0.05, 0.1) is 24.2 Å². The zero-order valence-corrected chi connectivity index (χ0v) is 19.6. The van der Waals surface area contributed by atoms with E-state index in [9.17, 15) is 4.79 Å². The first kappa shape index (κ1) is 23.2. The topological polar surface area (TPSA) is 54.0 Å². The fraction of sp³-hybridized carbons (Fsp3) is 0.958. The Hall–Kier alpha value is -0.490. The molecule has 0 N–H and O–H groups in total. The first-order valence-corrected chi connectivity index (χ1v) is 11.5. The van der Waals surface area contributed by atoms with E-state index in [1.54, 1.807) is 7.11 Å². The van der Waals surface area contributed by atoms with Crippen molar-refractivity contribution in [1.29, 1.82) is 0 Å². The number of ketones is 1. The first-order valence-electron chi connectivity index (χ1n) is 11.5. The molecule has 0 heterocycles. The van der Waals surface area contributed by atoms with Crippen molar-refractivity contribution in [2.75, 3.05) is 34.2 Å². The van der Waals surface area contributed by atoms with Crippen LogP contribution < -0.4 is 0 Å². The van der Waals surface area contributed by atoms with E-state index in [1.165, 1.54) is 0 Å². The van der Waals surface area contributed by atoms with Crippen molar-refractivity contribution in [1.82, 2.24) is 0 Å². The molecule has 3 aliphatic carbocycles. The van der Waals surface area contributed by atoms with Crippen molar-refractivity contribution in [2.45, 2.75) is 78.9 Å². The Bertz CT molecular complexity index is 594. The molecule has 0 aromatic rings. The Morgan fingerprint density at radius 2 is 1.79 bits per heavy atom. The Kier molecular flexibility index (Phi) is 6.85. The van der Waals surface area contributed by atoms with E-state index in [1.807, 2.05) is 14.0 Å². The Morgan fingerprint density at radius 3 is 2.41 bits per heavy atom. The summed E-state index contributed by atoms with van der Waals surface area (Å²) in [6.07, 6.45) is 5.11. The summed E-state index contributed by atoms with van der Waals surface area (Å²) < 4.78 is 23.6. The summed E-state index contributed by atoms with van der Waals surface area (Å²) >= 11 is 0. The van der Waals surface area contributed by atoms with Crippen LogP contribution in [0.2, 0.25) is 0 Å². The van der Waals surface area contributed by atoms with Gasteiger partial charge in [-0.25, -0.2) is 0 Å². The molecule has 0 aromatic carbocycles. The van der Waals surface area contributed by atoms with E-state index in [0.717, 1.165) is 25.7 Å². The number of hydrogen-bond donors (Lipinski definition) is 0. The molecule has 0 aromatic heterocycles. The molecule has 3 aliphatic rings. The van der Waals surface area contributed by atoms with Crippen molar-refractivity contribution in [3.8, 4) is 0 Å². The average molecular weight is 411 g/mol. The number of hydrogen-bond acceptors (Lipinski definition) is 5. The van der Waals surface area contributed by atoms with Gasteiger partial charge < -0.3 is 18.9 Å². The lowest BCUT2D eigenvalue weighted by Crippen LogP contribution is -2.63. The van der Waals surface area contributed by atoms with Crippen LogP contribution in [0.25, 0.3) is 0 Å². The molecule has 0 aliphatic heterocycles. The van der Waals surface area contributed by atoms with Gasteiger partial charge in [-0.2, -0.15) is 0 Å². The van der Waals surface area contributed by atoms with Crippen LogP contribution in [-0.2, 0) is 23.7 Å². The maximum absolute atomic E-state index is 14.0. The van der Waals surface area contributed by atoms with Crippen LogP contribution in [0.1, 0.15) is 66.7 Å². The zero-order valence-electron chi connectivity index (χ0n) is 19.6. The lowest BCUT2D eigenvalue weighted by molar-refractivity contribution is -0.222. The van der Waals surface area contributed by atoms with Crippen LogP contribution in [0.3, 0.4) is 0 Å². The normalized spacial score (nSPS) is 47.6. The lowest BCUT2D eigenvalue weighted by Gasteiger charge is -2.62. The number of Topliss-reactive ketones (excluding diaryl/α,β-unsaturated/α-hetero) is 1. The fourth-order valence-corrected chi connectivity index (χ4v) is 7.34. The van der Waals surface area contributed by atoms with Crippen LogP contribution in [0.15, 0.2) is 0 Å². The van der Waals surface area contributed by atoms with Crippen LogP contribution >= 0.6 is 0 Å². The van der Waals surface area contributed by atoms with Gasteiger partial charge in [-0.3, -0.25) is 4.79 Å². The van der Waals surface area contributed by atoms with Crippen LogP contribution in [0, 0.1) is 34.0 Å². The summed E-state index contributed by atoms with van der Waals surface area (Å²) in [5.74, 6) is 1.17. The van der Waals surface area contributed by atoms with Crippen LogP contribution in [0.4, 0.5) is 0 Å². The van der Waals surface area contributed by atoms with Gasteiger partial charge in [-0.15, -0.1) is 0 Å². The van der Waals surface area contributed by atoms with Gasteiger partial charge in [0.25, 0.3) is 0 Å². The summed E-state index contributed by atoms with van der Waals surface area (Å²) in [5, 5.41) is 0. The van der Waals surface area contributed by atoms with Gasteiger partial charge in [-0.05, 0) is 56.3 Å². The Morgan fingerprint density at radius 1 is 1.10 bits per heavy atom. The number of methoxy groups -OCH3 is 2. The van der Waals surface area contributed by atoms with Crippen molar-refractivity contribution in [3.63, 3.8) is 0 Å². The van der Waals surface area contributed by atoms with Gasteiger partial charge in [0, 0.05) is 32.2 Å². The van der Waals surface area contributed by atoms with Crippen molar-refractivity contribution in [2.24, 2.45) is 34.0 Å². The van der Waals surface area contributed by atoms with Gasteiger partial charge in [0.1, 0.15) is 12.6 Å². The monoisotopic (exact) mass is 410 g/mol. The van der Waals surface area contributed by atoms with Crippen LogP contribution in [0.5, 0.6) is 0 Å². The summed E-state index contributed by atoms with van der Waals surface area (Å²) in [4.78, 5) is 14.0. The standard InChI is InChI=1S/C24H42O5/c1-8-28-14-22(4)13-19(29-15-26-6)23(5)16(2)9-11-24(17(3)21(22)25)12-10-18(27-7)20(23)24/h16-20H,8-15H2,1-7H3/t16-,17+,18?,19-,20?,22+,23+,24?/m1/s1. The van der Waals surface area contributed by atoms with E-state index in [0.29, 0.717) is 37.3 Å². The summed E-state index contributed by atoms with van der Waals surface area (Å²) in [6, 6.07) is 0. The van der Waals surface area contributed by atoms with E-state index in [-0.39, 0.29) is 35.7 Å². The first-order chi connectivity index (χ1) is 13.7. The molecule has 0 spiro atoms. The third-order valence-electron chi connectivity index (χ3n) is 9.16. The molecule has 3 saturated carbocycles.